The summed E-state index contributed by atoms with van der Waals surface area (Å²) in [5.41, 5.74) is 0.659. The lowest BCUT2D eigenvalue weighted by Crippen LogP contribution is -2.40. The number of aliphatic carboxylic acids is 1. The maximum Gasteiger partial charge on any atom is 0.315 e. The molecule has 2 fully saturated rings. The van der Waals surface area contributed by atoms with Crippen molar-refractivity contribution in [1.29, 1.82) is 0 Å². The van der Waals surface area contributed by atoms with Gasteiger partial charge in [0.25, 0.3) is 0 Å². The van der Waals surface area contributed by atoms with Gasteiger partial charge in [-0.05, 0) is 25.0 Å². The highest BCUT2D eigenvalue weighted by molar-refractivity contribution is 7.91. The molecule has 3 rings (SSSR count). The monoisotopic (exact) mass is 296 g/mol. The number of carboxylic acids is 1. The topological polar surface area (TPSA) is 87.6 Å². The van der Waals surface area contributed by atoms with Crippen LogP contribution < -0.4 is 4.90 Å². The average molecular weight is 296 g/mol. The van der Waals surface area contributed by atoms with E-state index in [9.17, 15) is 18.3 Å². The minimum absolute atomic E-state index is 0.161. The molecule has 1 aromatic heterocycles. The van der Waals surface area contributed by atoms with Crippen molar-refractivity contribution in [1.82, 2.24) is 4.98 Å². The molecule has 1 aliphatic carbocycles. The summed E-state index contributed by atoms with van der Waals surface area (Å²) in [6, 6.07) is 3.59. The summed E-state index contributed by atoms with van der Waals surface area (Å²) in [5, 5.41) is 9.22. The molecule has 1 saturated carbocycles. The Morgan fingerprint density at radius 3 is 2.35 bits per heavy atom. The van der Waals surface area contributed by atoms with Crippen molar-refractivity contribution in [2.24, 2.45) is 0 Å². The zero-order valence-corrected chi connectivity index (χ0v) is 11.8. The Morgan fingerprint density at radius 1 is 1.25 bits per heavy atom. The van der Waals surface area contributed by atoms with Crippen LogP contribution in [0.5, 0.6) is 0 Å². The predicted octanol–water partition coefficient (Wildman–Crippen LogP) is 0.433. The van der Waals surface area contributed by atoms with E-state index in [1.165, 1.54) is 0 Å². The maximum atomic E-state index is 11.4. The molecule has 2 aliphatic rings. The molecule has 1 N–H and O–H groups in total. The van der Waals surface area contributed by atoms with E-state index in [1.54, 1.807) is 12.3 Å². The fourth-order valence-electron chi connectivity index (χ4n) is 2.53. The summed E-state index contributed by atoms with van der Waals surface area (Å²) in [5.74, 6) is -0.497. The van der Waals surface area contributed by atoms with Crippen LogP contribution in [0.25, 0.3) is 0 Å². The van der Waals surface area contributed by atoms with Gasteiger partial charge >= 0.3 is 5.97 Å². The number of carboxylic acid groups (broad SMARTS) is 1. The van der Waals surface area contributed by atoms with E-state index < -0.39 is 21.2 Å². The molecule has 20 heavy (non-hydrogen) atoms. The van der Waals surface area contributed by atoms with Gasteiger partial charge in [0.05, 0.1) is 29.1 Å². The maximum absolute atomic E-state index is 11.4. The van der Waals surface area contributed by atoms with Gasteiger partial charge in [-0.3, -0.25) is 9.78 Å². The molecule has 2 heterocycles. The van der Waals surface area contributed by atoms with Gasteiger partial charge in [-0.2, -0.15) is 0 Å². The van der Waals surface area contributed by atoms with Crippen LogP contribution in [0.3, 0.4) is 0 Å². The summed E-state index contributed by atoms with van der Waals surface area (Å²) in [6.45, 7) is 0.931. The molecular weight excluding hydrogens is 280 g/mol. The lowest BCUT2D eigenvalue weighted by molar-refractivity contribution is -0.140. The molecule has 108 valence electrons. The number of sulfone groups is 1. The number of hydrogen-bond donors (Lipinski definition) is 1. The van der Waals surface area contributed by atoms with Crippen molar-refractivity contribution >= 4 is 21.5 Å². The fraction of sp³-hybridized carbons (Fsp3) is 0.538. The molecule has 7 heteroatoms. The van der Waals surface area contributed by atoms with Gasteiger partial charge in [0, 0.05) is 13.1 Å². The third-order valence-corrected chi connectivity index (χ3v) is 5.72. The highest BCUT2D eigenvalue weighted by Crippen LogP contribution is 2.47. The van der Waals surface area contributed by atoms with Gasteiger partial charge in [0.2, 0.25) is 0 Å². The molecule has 0 unspecified atom stereocenters. The SMILES string of the molecule is O=C(O)C1(c2ccc(N3CCS(=O)(=O)CC3)cn2)CC1. The summed E-state index contributed by atoms with van der Waals surface area (Å²) in [7, 11) is -2.90. The van der Waals surface area contributed by atoms with Crippen molar-refractivity contribution in [3.8, 4) is 0 Å². The Kier molecular flexibility index (Phi) is 2.97. The minimum atomic E-state index is -2.90. The molecule has 0 radical (unpaired) electrons. The van der Waals surface area contributed by atoms with Crippen LogP contribution in [-0.2, 0) is 20.0 Å². The van der Waals surface area contributed by atoms with Gasteiger partial charge < -0.3 is 10.0 Å². The molecule has 6 nitrogen and oxygen atoms in total. The van der Waals surface area contributed by atoms with Crippen LogP contribution in [0.15, 0.2) is 18.3 Å². The second-order valence-corrected chi connectivity index (χ2v) is 7.73. The lowest BCUT2D eigenvalue weighted by atomic mass is 10.0. The molecule has 1 saturated heterocycles. The first-order valence-electron chi connectivity index (χ1n) is 6.58. The number of nitrogens with zero attached hydrogens (tertiary/aromatic N) is 2. The number of pyridine rings is 1. The highest BCUT2D eigenvalue weighted by Gasteiger charge is 2.53. The van der Waals surface area contributed by atoms with E-state index in [2.05, 4.69) is 4.98 Å². The van der Waals surface area contributed by atoms with Crippen LogP contribution in [0.4, 0.5) is 5.69 Å². The number of aromatic nitrogens is 1. The Balaban J connectivity index is 1.76. The minimum Gasteiger partial charge on any atom is -0.481 e. The van der Waals surface area contributed by atoms with E-state index in [0.29, 0.717) is 31.6 Å². The van der Waals surface area contributed by atoms with Crippen LogP contribution in [0.1, 0.15) is 18.5 Å². The molecule has 0 aromatic carbocycles. The van der Waals surface area contributed by atoms with Crippen LogP contribution in [0, 0.1) is 0 Å². The molecule has 0 spiro atoms. The summed E-state index contributed by atoms with van der Waals surface area (Å²) in [6.07, 6.45) is 2.92. The summed E-state index contributed by atoms with van der Waals surface area (Å²) >= 11 is 0. The van der Waals surface area contributed by atoms with E-state index in [1.807, 2.05) is 11.0 Å². The first-order chi connectivity index (χ1) is 9.43. The van der Waals surface area contributed by atoms with E-state index in [4.69, 9.17) is 0 Å². The molecule has 1 aliphatic heterocycles. The zero-order chi connectivity index (χ0) is 14.4. The first kappa shape index (κ1) is 13.4. The second kappa shape index (κ2) is 4.44. The fourth-order valence-corrected chi connectivity index (χ4v) is 3.73. The standard InChI is InChI=1S/C13H16N2O4S/c16-12(17)13(3-4-13)11-2-1-10(9-14-11)15-5-7-20(18,19)8-6-15/h1-2,9H,3-8H2,(H,16,17). The van der Waals surface area contributed by atoms with Gasteiger partial charge in [-0.25, -0.2) is 8.42 Å². The Morgan fingerprint density at radius 2 is 1.90 bits per heavy atom. The third kappa shape index (κ3) is 2.26. The van der Waals surface area contributed by atoms with Crippen LogP contribution in [-0.4, -0.2) is 49.1 Å². The van der Waals surface area contributed by atoms with Crippen LogP contribution >= 0.6 is 0 Å². The lowest BCUT2D eigenvalue weighted by Gasteiger charge is -2.28. The normalized spacial score (nSPS) is 23.3. The number of hydrogen-bond acceptors (Lipinski definition) is 5. The van der Waals surface area contributed by atoms with Gasteiger partial charge in [0.1, 0.15) is 5.41 Å². The van der Waals surface area contributed by atoms with Gasteiger partial charge in [0.15, 0.2) is 9.84 Å². The number of rotatable bonds is 3. The Hall–Kier alpha value is -1.63. The van der Waals surface area contributed by atoms with Gasteiger partial charge in [-0.15, -0.1) is 0 Å². The van der Waals surface area contributed by atoms with Crippen molar-refractivity contribution in [2.45, 2.75) is 18.3 Å². The third-order valence-electron chi connectivity index (χ3n) is 4.11. The van der Waals surface area contributed by atoms with Gasteiger partial charge in [-0.1, -0.05) is 0 Å². The Bertz CT molecular complexity index is 621. The predicted molar refractivity (Wildman–Crippen MR) is 73.7 cm³/mol. The van der Waals surface area contributed by atoms with E-state index in [0.717, 1.165) is 5.69 Å². The Labute approximate surface area is 117 Å². The van der Waals surface area contributed by atoms with Crippen molar-refractivity contribution in [3.05, 3.63) is 24.0 Å². The van der Waals surface area contributed by atoms with Crippen molar-refractivity contribution < 1.29 is 18.3 Å². The second-order valence-electron chi connectivity index (χ2n) is 5.43. The average Bonchev–Trinajstić information content (AvgIpc) is 3.20. The molecular formula is C13H16N2O4S. The highest BCUT2D eigenvalue weighted by atomic mass is 32.2. The smallest absolute Gasteiger partial charge is 0.315 e. The van der Waals surface area contributed by atoms with Crippen LogP contribution in [0.2, 0.25) is 0 Å². The zero-order valence-electron chi connectivity index (χ0n) is 10.9. The summed E-state index contributed by atoms with van der Waals surface area (Å²) < 4.78 is 22.8. The van der Waals surface area contributed by atoms with Crippen molar-refractivity contribution in [3.63, 3.8) is 0 Å². The quantitative estimate of drug-likeness (QED) is 0.870. The number of anilines is 1. The molecule has 0 atom stereocenters. The number of carbonyl (C=O) groups is 1. The molecule has 0 bridgehead atoms. The van der Waals surface area contributed by atoms with E-state index >= 15 is 0 Å². The first-order valence-corrected chi connectivity index (χ1v) is 8.40. The summed E-state index contributed by atoms with van der Waals surface area (Å²) in [4.78, 5) is 17.5. The largest absolute Gasteiger partial charge is 0.481 e. The molecule has 0 amide bonds. The van der Waals surface area contributed by atoms with Crippen molar-refractivity contribution in [2.75, 3.05) is 29.5 Å². The van der Waals surface area contributed by atoms with E-state index in [-0.39, 0.29) is 11.5 Å². The molecule has 1 aromatic rings.